The zero-order chi connectivity index (χ0) is 14.7. The summed E-state index contributed by atoms with van der Waals surface area (Å²) in [5, 5.41) is 4.68. The third kappa shape index (κ3) is 4.00. The number of rotatable bonds is 6. The SMILES string of the molecule is CC(CNC1CC(c2ccccc2Cl)C1)CN1CCCC1. The van der Waals surface area contributed by atoms with Crippen molar-refractivity contribution in [3.05, 3.63) is 34.9 Å². The van der Waals surface area contributed by atoms with Gasteiger partial charge in [-0.05, 0) is 68.8 Å². The van der Waals surface area contributed by atoms with Crippen LogP contribution in [0.25, 0.3) is 0 Å². The Hall–Kier alpha value is -0.570. The fraction of sp³-hybridized carbons (Fsp3) is 0.667. The summed E-state index contributed by atoms with van der Waals surface area (Å²) in [4.78, 5) is 2.61. The first-order valence-electron chi connectivity index (χ1n) is 8.42. The van der Waals surface area contributed by atoms with Crippen LogP contribution < -0.4 is 5.32 Å². The van der Waals surface area contributed by atoms with Crippen molar-refractivity contribution < 1.29 is 0 Å². The summed E-state index contributed by atoms with van der Waals surface area (Å²) >= 11 is 6.28. The molecule has 0 bridgehead atoms. The Balaban J connectivity index is 1.36. The first kappa shape index (κ1) is 15.3. The van der Waals surface area contributed by atoms with Gasteiger partial charge in [0.05, 0.1) is 0 Å². The van der Waals surface area contributed by atoms with Crippen molar-refractivity contribution in [3.8, 4) is 0 Å². The average Bonchev–Trinajstić information content (AvgIpc) is 2.91. The highest BCUT2D eigenvalue weighted by molar-refractivity contribution is 6.31. The molecule has 0 amide bonds. The summed E-state index contributed by atoms with van der Waals surface area (Å²) in [6.07, 6.45) is 5.25. The first-order valence-corrected chi connectivity index (χ1v) is 8.80. The molecule has 1 aliphatic heterocycles. The molecular weight excluding hydrogens is 280 g/mol. The maximum absolute atomic E-state index is 6.28. The highest BCUT2D eigenvalue weighted by atomic mass is 35.5. The summed E-state index contributed by atoms with van der Waals surface area (Å²) < 4.78 is 0. The van der Waals surface area contributed by atoms with Gasteiger partial charge in [0.1, 0.15) is 0 Å². The maximum Gasteiger partial charge on any atom is 0.0440 e. The van der Waals surface area contributed by atoms with Gasteiger partial charge in [-0.1, -0.05) is 36.7 Å². The van der Waals surface area contributed by atoms with E-state index in [0.29, 0.717) is 12.0 Å². The molecule has 1 atom stereocenters. The summed E-state index contributed by atoms with van der Waals surface area (Å²) in [6, 6.07) is 8.99. The molecule has 21 heavy (non-hydrogen) atoms. The van der Waals surface area contributed by atoms with Gasteiger partial charge in [0.25, 0.3) is 0 Å². The van der Waals surface area contributed by atoms with E-state index in [1.54, 1.807) is 0 Å². The molecule has 1 N–H and O–H groups in total. The largest absolute Gasteiger partial charge is 0.314 e. The van der Waals surface area contributed by atoms with E-state index in [2.05, 4.69) is 29.3 Å². The fourth-order valence-electron chi connectivity index (χ4n) is 3.68. The van der Waals surface area contributed by atoms with Crippen molar-refractivity contribution in [2.24, 2.45) is 5.92 Å². The van der Waals surface area contributed by atoms with E-state index in [1.807, 2.05) is 12.1 Å². The number of nitrogens with one attached hydrogen (secondary N) is 1. The molecule has 3 heteroatoms. The lowest BCUT2D eigenvalue weighted by molar-refractivity contribution is 0.245. The molecule has 0 aromatic heterocycles. The number of likely N-dealkylation sites (tertiary alicyclic amines) is 1. The van der Waals surface area contributed by atoms with E-state index in [1.165, 1.54) is 50.9 Å². The molecule has 2 nitrogen and oxygen atoms in total. The topological polar surface area (TPSA) is 15.3 Å². The molecule has 116 valence electrons. The summed E-state index contributed by atoms with van der Waals surface area (Å²) in [6.45, 7) is 7.39. The van der Waals surface area contributed by atoms with Gasteiger partial charge in [0.2, 0.25) is 0 Å². The van der Waals surface area contributed by atoms with Crippen molar-refractivity contribution in [1.29, 1.82) is 0 Å². The molecule has 1 unspecified atom stereocenters. The maximum atomic E-state index is 6.28. The van der Waals surface area contributed by atoms with Crippen LogP contribution in [0.5, 0.6) is 0 Å². The number of hydrogen-bond acceptors (Lipinski definition) is 2. The molecule has 1 heterocycles. The number of benzene rings is 1. The number of halogens is 1. The van der Waals surface area contributed by atoms with E-state index in [-0.39, 0.29) is 0 Å². The van der Waals surface area contributed by atoms with Gasteiger partial charge in [-0.25, -0.2) is 0 Å². The molecular formula is C18H27ClN2. The van der Waals surface area contributed by atoms with Gasteiger partial charge >= 0.3 is 0 Å². The van der Waals surface area contributed by atoms with Crippen LogP contribution in [-0.4, -0.2) is 37.1 Å². The zero-order valence-electron chi connectivity index (χ0n) is 13.0. The lowest BCUT2D eigenvalue weighted by atomic mass is 9.75. The van der Waals surface area contributed by atoms with Crippen LogP contribution in [0.3, 0.4) is 0 Å². The van der Waals surface area contributed by atoms with Crippen molar-refractivity contribution >= 4 is 11.6 Å². The molecule has 3 rings (SSSR count). The lowest BCUT2D eigenvalue weighted by Crippen LogP contribution is -2.43. The molecule has 0 spiro atoms. The van der Waals surface area contributed by atoms with Gasteiger partial charge in [0.15, 0.2) is 0 Å². The van der Waals surface area contributed by atoms with E-state index >= 15 is 0 Å². The van der Waals surface area contributed by atoms with Crippen molar-refractivity contribution in [3.63, 3.8) is 0 Å². The van der Waals surface area contributed by atoms with Crippen LogP contribution in [-0.2, 0) is 0 Å². The van der Waals surface area contributed by atoms with Gasteiger partial charge < -0.3 is 10.2 Å². The molecule has 1 saturated carbocycles. The molecule has 1 aromatic carbocycles. The number of nitrogens with zero attached hydrogens (tertiary/aromatic N) is 1. The second-order valence-electron chi connectivity index (χ2n) is 6.91. The van der Waals surface area contributed by atoms with Crippen molar-refractivity contribution in [2.75, 3.05) is 26.2 Å². The summed E-state index contributed by atoms with van der Waals surface area (Å²) in [5.74, 6) is 1.41. The standard InChI is InChI=1S/C18H27ClN2/c1-14(13-21-8-4-5-9-21)12-20-16-10-15(11-16)17-6-2-3-7-18(17)19/h2-3,6-7,14-16,20H,4-5,8-13H2,1H3. The average molecular weight is 307 g/mol. The van der Waals surface area contributed by atoms with E-state index < -0.39 is 0 Å². The van der Waals surface area contributed by atoms with Gasteiger partial charge in [-0.2, -0.15) is 0 Å². The number of hydrogen-bond donors (Lipinski definition) is 1. The monoisotopic (exact) mass is 306 g/mol. The first-order chi connectivity index (χ1) is 10.2. The van der Waals surface area contributed by atoms with Crippen LogP contribution in [0, 0.1) is 5.92 Å². The van der Waals surface area contributed by atoms with Crippen LogP contribution >= 0.6 is 11.6 Å². The fourth-order valence-corrected chi connectivity index (χ4v) is 3.97. The molecule has 1 aliphatic carbocycles. The smallest absolute Gasteiger partial charge is 0.0440 e. The lowest BCUT2D eigenvalue weighted by Gasteiger charge is -2.37. The van der Waals surface area contributed by atoms with Crippen molar-refractivity contribution in [2.45, 2.75) is 44.6 Å². The molecule has 0 radical (unpaired) electrons. The second-order valence-corrected chi connectivity index (χ2v) is 7.32. The Bertz CT molecular complexity index is 450. The van der Waals surface area contributed by atoms with E-state index in [0.717, 1.165) is 17.5 Å². The van der Waals surface area contributed by atoms with Crippen LogP contribution in [0.2, 0.25) is 5.02 Å². The highest BCUT2D eigenvalue weighted by Gasteiger charge is 2.31. The van der Waals surface area contributed by atoms with Crippen molar-refractivity contribution in [1.82, 2.24) is 10.2 Å². The second kappa shape index (κ2) is 7.13. The Morgan fingerprint density at radius 3 is 2.67 bits per heavy atom. The Morgan fingerprint density at radius 1 is 1.24 bits per heavy atom. The predicted molar refractivity (Wildman–Crippen MR) is 90.1 cm³/mol. The molecule has 1 saturated heterocycles. The molecule has 2 fully saturated rings. The third-order valence-corrected chi connectivity index (χ3v) is 5.35. The van der Waals surface area contributed by atoms with Gasteiger partial charge in [0, 0.05) is 17.6 Å². The minimum absolute atomic E-state index is 0.657. The van der Waals surface area contributed by atoms with Gasteiger partial charge in [-0.3, -0.25) is 0 Å². The van der Waals surface area contributed by atoms with Gasteiger partial charge in [-0.15, -0.1) is 0 Å². The summed E-state index contributed by atoms with van der Waals surface area (Å²) in [7, 11) is 0. The third-order valence-electron chi connectivity index (χ3n) is 5.01. The Morgan fingerprint density at radius 2 is 1.95 bits per heavy atom. The minimum Gasteiger partial charge on any atom is -0.314 e. The predicted octanol–water partition coefficient (Wildman–Crippen LogP) is 3.91. The normalized spacial score (nSPS) is 27.5. The Labute approximate surface area is 133 Å². The summed E-state index contributed by atoms with van der Waals surface area (Å²) in [5.41, 5.74) is 1.34. The zero-order valence-corrected chi connectivity index (χ0v) is 13.8. The Kier molecular flexibility index (Phi) is 5.20. The van der Waals surface area contributed by atoms with E-state index in [4.69, 9.17) is 11.6 Å². The van der Waals surface area contributed by atoms with Crippen LogP contribution in [0.1, 0.15) is 44.1 Å². The minimum atomic E-state index is 0.657. The quantitative estimate of drug-likeness (QED) is 0.857. The molecule has 1 aromatic rings. The van der Waals surface area contributed by atoms with Crippen LogP contribution in [0.15, 0.2) is 24.3 Å². The molecule has 2 aliphatic rings. The van der Waals surface area contributed by atoms with E-state index in [9.17, 15) is 0 Å². The van der Waals surface area contributed by atoms with Crippen LogP contribution in [0.4, 0.5) is 0 Å². The highest BCUT2D eigenvalue weighted by Crippen LogP contribution is 2.39.